The van der Waals surface area contributed by atoms with E-state index in [0.29, 0.717) is 18.0 Å². The van der Waals surface area contributed by atoms with Crippen LogP contribution in [-0.2, 0) is 11.0 Å². The minimum Gasteiger partial charge on any atom is -0.370 e. The van der Waals surface area contributed by atoms with Gasteiger partial charge in [0.25, 0.3) is 5.24 Å². The molecule has 0 saturated carbocycles. The lowest BCUT2D eigenvalue weighted by Gasteiger charge is -2.31. The predicted molar refractivity (Wildman–Crippen MR) is 95.6 cm³/mol. The van der Waals surface area contributed by atoms with Crippen molar-refractivity contribution in [3.8, 4) is 0 Å². The van der Waals surface area contributed by atoms with Gasteiger partial charge in [0, 0.05) is 25.4 Å². The molecule has 1 aromatic rings. The number of amides is 2. The highest BCUT2D eigenvalue weighted by Gasteiger charge is 2.32. The van der Waals surface area contributed by atoms with Crippen LogP contribution in [0.3, 0.4) is 0 Å². The standard InChI is InChI=1S/C17H20F3N3O2S/c18-17(19,20)12-4-5-14(22-6-2-1-3-7-22)13(10-12)21-15(24)11-23-8-9-26-16(23)25/h4-5,10H,1-3,6-9,11H2,(H,21,24). The van der Waals surface area contributed by atoms with Gasteiger partial charge in [0.05, 0.1) is 16.9 Å². The van der Waals surface area contributed by atoms with Gasteiger partial charge in [-0.3, -0.25) is 9.59 Å². The zero-order valence-electron chi connectivity index (χ0n) is 14.1. The summed E-state index contributed by atoms with van der Waals surface area (Å²) in [6.45, 7) is 1.81. The fourth-order valence-electron chi connectivity index (χ4n) is 3.16. The van der Waals surface area contributed by atoms with Crippen LogP contribution >= 0.6 is 11.8 Å². The van der Waals surface area contributed by atoms with Crippen molar-refractivity contribution in [1.82, 2.24) is 4.90 Å². The molecule has 26 heavy (non-hydrogen) atoms. The van der Waals surface area contributed by atoms with Crippen LogP contribution in [0.15, 0.2) is 18.2 Å². The van der Waals surface area contributed by atoms with Crippen molar-refractivity contribution in [2.75, 3.05) is 42.1 Å². The molecule has 1 N–H and O–H groups in total. The third-order valence-electron chi connectivity index (χ3n) is 4.47. The van der Waals surface area contributed by atoms with Crippen molar-refractivity contribution in [2.45, 2.75) is 25.4 Å². The second-order valence-corrected chi connectivity index (χ2v) is 7.41. The zero-order chi connectivity index (χ0) is 18.7. The van der Waals surface area contributed by atoms with Gasteiger partial charge in [0.1, 0.15) is 6.54 Å². The second-order valence-electron chi connectivity index (χ2n) is 6.36. The van der Waals surface area contributed by atoms with Gasteiger partial charge in [-0.15, -0.1) is 0 Å². The summed E-state index contributed by atoms with van der Waals surface area (Å²) in [5.74, 6) is 0.132. The summed E-state index contributed by atoms with van der Waals surface area (Å²) in [5.41, 5.74) is -0.0689. The van der Waals surface area contributed by atoms with Gasteiger partial charge in [-0.05, 0) is 37.5 Å². The SMILES string of the molecule is O=C(CN1CCSC1=O)Nc1cc(C(F)(F)F)ccc1N1CCCCC1. The summed E-state index contributed by atoms with van der Waals surface area (Å²) >= 11 is 1.14. The highest BCUT2D eigenvalue weighted by molar-refractivity contribution is 8.13. The Morgan fingerprint density at radius 3 is 2.50 bits per heavy atom. The molecular weight excluding hydrogens is 367 g/mol. The zero-order valence-corrected chi connectivity index (χ0v) is 15.0. The third-order valence-corrected chi connectivity index (χ3v) is 5.37. The number of alkyl halides is 3. The number of halogens is 3. The second kappa shape index (κ2) is 7.77. The van der Waals surface area contributed by atoms with Crippen molar-refractivity contribution in [1.29, 1.82) is 0 Å². The Labute approximate surface area is 153 Å². The molecule has 0 bridgehead atoms. The minimum atomic E-state index is -4.48. The number of anilines is 2. The maximum atomic E-state index is 13.1. The fraction of sp³-hybridized carbons (Fsp3) is 0.529. The van der Waals surface area contributed by atoms with Gasteiger partial charge >= 0.3 is 6.18 Å². The molecule has 9 heteroatoms. The molecule has 2 heterocycles. The number of carbonyl (C=O) groups excluding carboxylic acids is 2. The Morgan fingerprint density at radius 1 is 1.15 bits per heavy atom. The van der Waals surface area contributed by atoms with Gasteiger partial charge in [-0.2, -0.15) is 13.2 Å². The summed E-state index contributed by atoms with van der Waals surface area (Å²) in [5, 5.41) is 2.40. The van der Waals surface area contributed by atoms with Gasteiger partial charge in [-0.25, -0.2) is 0 Å². The number of nitrogens with one attached hydrogen (secondary N) is 1. The van der Waals surface area contributed by atoms with E-state index in [0.717, 1.165) is 56.2 Å². The smallest absolute Gasteiger partial charge is 0.370 e. The van der Waals surface area contributed by atoms with Crippen LogP contribution in [0, 0.1) is 0 Å². The van der Waals surface area contributed by atoms with Gasteiger partial charge in [0.15, 0.2) is 0 Å². The molecule has 3 rings (SSSR count). The van der Waals surface area contributed by atoms with Gasteiger partial charge < -0.3 is 15.1 Å². The molecule has 0 radical (unpaired) electrons. The summed E-state index contributed by atoms with van der Waals surface area (Å²) in [4.78, 5) is 27.3. The van der Waals surface area contributed by atoms with E-state index in [-0.39, 0.29) is 17.5 Å². The van der Waals surface area contributed by atoms with Gasteiger partial charge in [0.2, 0.25) is 5.91 Å². The molecule has 0 aliphatic carbocycles. The molecule has 0 atom stereocenters. The highest BCUT2D eigenvalue weighted by atomic mass is 32.2. The van der Waals surface area contributed by atoms with Crippen LogP contribution < -0.4 is 10.2 Å². The predicted octanol–water partition coefficient (Wildman–Crippen LogP) is 3.80. The molecule has 0 unspecified atom stereocenters. The van der Waals surface area contributed by atoms with Crippen molar-refractivity contribution >= 4 is 34.3 Å². The number of nitrogens with zero attached hydrogens (tertiary/aromatic N) is 2. The molecule has 2 aliphatic heterocycles. The Kier molecular flexibility index (Phi) is 5.64. The summed E-state index contributed by atoms with van der Waals surface area (Å²) in [6.07, 6.45) is -1.46. The highest BCUT2D eigenvalue weighted by Crippen LogP contribution is 2.36. The number of hydrogen-bond donors (Lipinski definition) is 1. The van der Waals surface area contributed by atoms with E-state index in [1.165, 1.54) is 11.0 Å². The van der Waals surface area contributed by atoms with E-state index in [1.807, 2.05) is 4.90 Å². The van der Waals surface area contributed by atoms with E-state index < -0.39 is 17.6 Å². The van der Waals surface area contributed by atoms with E-state index in [9.17, 15) is 22.8 Å². The van der Waals surface area contributed by atoms with E-state index in [2.05, 4.69) is 5.32 Å². The summed E-state index contributed by atoms with van der Waals surface area (Å²) in [7, 11) is 0. The minimum absolute atomic E-state index is 0.144. The molecule has 0 aromatic heterocycles. The average Bonchev–Trinajstić information content (AvgIpc) is 2.99. The Hall–Kier alpha value is -1.90. The van der Waals surface area contributed by atoms with Crippen molar-refractivity contribution in [2.24, 2.45) is 0 Å². The van der Waals surface area contributed by atoms with Crippen LogP contribution in [-0.4, -0.2) is 48.0 Å². The van der Waals surface area contributed by atoms with Crippen LogP contribution in [0.5, 0.6) is 0 Å². The van der Waals surface area contributed by atoms with Crippen molar-refractivity contribution < 1.29 is 22.8 Å². The molecule has 142 valence electrons. The largest absolute Gasteiger partial charge is 0.416 e. The summed E-state index contributed by atoms with van der Waals surface area (Å²) < 4.78 is 39.2. The first-order valence-corrected chi connectivity index (χ1v) is 9.51. The first kappa shape index (κ1) is 18.9. The van der Waals surface area contributed by atoms with E-state index in [4.69, 9.17) is 0 Å². The number of piperidine rings is 1. The molecule has 2 saturated heterocycles. The number of thioether (sulfide) groups is 1. The van der Waals surface area contributed by atoms with Gasteiger partial charge in [-0.1, -0.05) is 11.8 Å². The lowest BCUT2D eigenvalue weighted by Crippen LogP contribution is -2.34. The summed E-state index contributed by atoms with van der Waals surface area (Å²) in [6, 6.07) is 3.43. The van der Waals surface area contributed by atoms with Crippen molar-refractivity contribution in [3.63, 3.8) is 0 Å². The van der Waals surface area contributed by atoms with Crippen LogP contribution in [0.2, 0.25) is 0 Å². The molecule has 1 aromatic carbocycles. The number of carbonyl (C=O) groups is 2. The molecule has 5 nitrogen and oxygen atoms in total. The lowest BCUT2D eigenvalue weighted by molar-refractivity contribution is -0.137. The number of rotatable bonds is 4. The lowest BCUT2D eigenvalue weighted by atomic mass is 10.1. The van der Waals surface area contributed by atoms with E-state index >= 15 is 0 Å². The third kappa shape index (κ3) is 4.44. The van der Waals surface area contributed by atoms with Crippen molar-refractivity contribution in [3.05, 3.63) is 23.8 Å². The average molecular weight is 387 g/mol. The maximum absolute atomic E-state index is 13.1. The normalized spacial score (nSPS) is 18.3. The van der Waals surface area contributed by atoms with Crippen LogP contribution in [0.4, 0.5) is 29.3 Å². The number of hydrogen-bond acceptors (Lipinski definition) is 4. The number of benzene rings is 1. The molecule has 2 aliphatic rings. The Bertz CT molecular complexity index is 690. The first-order chi connectivity index (χ1) is 12.3. The molecule has 2 fully saturated rings. The van der Waals surface area contributed by atoms with Crippen LogP contribution in [0.1, 0.15) is 24.8 Å². The molecule has 0 spiro atoms. The first-order valence-electron chi connectivity index (χ1n) is 8.52. The quantitative estimate of drug-likeness (QED) is 0.854. The Morgan fingerprint density at radius 2 is 1.88 bits per heavy atom. The molecule has 2 amide bonds. The Balaban J connectivity index is 1.81. The van der Waals surface area contributed by atoms with Crippen LogP contribution in [0.25, 0.3) is 0 Å². The molecular formula is C17H20F3N3O2S. The fourth-order valence-corrected chi connectivity index (χ4v) is 3.98. The topological polar surface area (TPSA) is 52.7 Å². The maximum Gasteiger partial charge on any atom is 0.416 e. The monoisotopic (exact) mass is 387 g/mol. The van der Waals surface area contributed by atoms with E-state index in [1.54, 1.807) is 0 Å².